The van der Waals surface area contributed by atoms with Gasteiger partial charge in [-0.25, -0.2) is 0 Å². The topological polar surface area (TPSA) is 32.3 Å². The van der Waals surface area contributed by atoms with Crippen molar-refractivity contribution < 1.29 is 4.79 Å². The Labute approximate surface area is 131 Å². The lowest BCUT2D eigenvalue weighted by Gasteiger charge is -2.39. The fraction of sp³-hybridized carbons (Fsp3) is 0.706. The Hall–Kier alpha value is -0.870. The van der Waals surface area contributed by atoms with Crippen molar-refractivity contribution in [2.45, 2.75) is 64.7 Å². The van der Waals surface area contributed by atoms with Gasteiger partial charge in [-0.05, 0) is 49.0 Å². The second-order valence-corrected chi connectivity index (χ2v) is 7.69. The van der Waals surface area contributed by atoms with E-state index in [9.17, 15) is 4.79 Å². The molecule has 1 N–H and O–H groups in total. The molecule has 3 nitrogen and oxygen atoms in total. The minimum atomic E-state index is -0.00763. The van der Waals surface area contributed by atoms with Crippen LogP contribution in [0.4, 0.5) is 0 Å². The molecule has 1 aromatic rings. The Balaban J connectivity index is 1.84. The van der Waals surface area contributed by atoms with Crippen molar-refractivity contribution in [2.24, 2.45) is 11.8 Å². The highest BCUT2D eigenvalue weighted by molar-refractivity contribution is 7.10. The van der Waals surface area contributed by atoms with Gasteiger partial charge in [-0.1, -0.05) is 26.8 Å². The molecule has 1 amide bonds. The van der Waals surface area contributed by atoms with Crippen LogP contribution in [0.3, 0.4) is 0 Å². The Morgan fingerprint density at radius 2 is 2.14 bits per heavy atom. The number of carbonyl (C=O) groups excluding carboxylic acids is 1. The van der Waals surface area contributed by atoms with Gasteiger partial charge in [0.2, 0.25) is 5.91 Å². The van der Waals surface area contributed by atoms with Crippen molar-refractivity contribution in [3.8, 4) is 0 Å². The van der Waals surface area contributed by atoms with Gasteiger partial charge in [0.05, 0.1) is 6.04 Å². The molecule has 5 atom stereocenters. The van der Waals surface area contributed by atoms with Crippen molar-refractivity contribution in [1.29, 1.82) is 0 Å². The summed E-state index contributed by atoms with van der Waals surface area (Å²) in [6.07, 6.45) is 4.50. The molecule has 0 aromatic carbocycles. The Bertz CT molecular complexity index is 487. The number of rotatable bonds is 3. The van der Waals surface area contributed by atoms with Crippen molar-refractivity contribution in [1.82, 2.24) is 10.2 Å². The molecule has 5 unspecified atom stereocenters. The van der Waals surface area contributed by atoms with Crippen LogP contribution in [-0.2, 0) is 4.79 Å². The third kappa shape index (κ3) is 2.76. The van der Waals surface area contributed by atoms with Gasteiger partial charge < -0.3 is 4.90 Å². The van der Waals surface area contributed by atoms with Crippen LogP contribution < -0.4 is 5.32 Å². The first-order valence-corrected chi connectivity index (χ1v) is 9.11. The van der Waals surface area contributed by atoms with Gasteiger partial charge in [0.1, 0.15) is 6.17 Å². The second kappa shape index (κ2) is 6.09. The maximum absolute atomic E-state index is 12.8. The Morgan fingerprint density at radius 3 is 2.76 bits per heavy atom. The first-order valence-electron chi connectivity index (χ1n) is 8.23. The summed E-state index contributed by atoms with van der Waals surface area (Å²) in [5.74, 6) is 1.80. The standard InChI is InChI=1S/C17H26N2OS/c1-4-14-17(20)19(13-8-7-11(2)12(3)10-13)16(18-14)15-6-5-9-21-15/h5-6,9,11-14,16,18H,4,7-8,10H2,1-3H3. The predicted molar refractivity (Wildman–Crippen MR) is 87.1 cm³/mol. The first kappa shape index (κ1) is 15.0. The van der Waals surface area contributed by atoms with Crippen molar-refractivity contribution in [3.63, 3.8) is 0 Å². The fourth-order valence-corrected chi connectivity index (χ4v) is 4.55. The van der Waals surface area contributed by atoms with Gasteiger partial charge in [0.25, 0.3) is 0 Å². The van der Waals surface area contributed by atoms with Gasteiger partial charge in [0, 0.05) is 10.9 Å². The van der Waals surface area contributed by atoms with Crippen LogP contribution in [0.25, 0.3) is 0 Å². The lowest BCUT2D eigenvalue weighted by Crippen LogP contribution is -2.43. The van der Waals surface area contributed by atoms with Crippen LogP contribution in [0.15, 0.2) is 17.5 Å². The van der Waals surface area contributed by atoms with Crippen LogP contribution in [0.1, 0.15) is 57.5 Å². The molecule has 1 aliphatic heterocycles. The van der Waals surface area contributed by atoms with Gasteiger partial charge >= 0.3 is 0 Å². The molecule has 4 heteroatoms. The maximum Gasteiger partial charge on any atom is 0.241 e. The van der Waals surface area contributed by atoms with E-state index in [0.29, 0.717) is 17.9 Å². The molecule has 0 radical (unpaired) electrons. The molecule has 3 rings (SSSR count). The number of nitrogens with one attached hydrogen (secondary N) is 1. The fourth-order valence-electron chi connectivity index (χ4n) is 3.77. The number of amides is 1. The molecule has 2 fully saturated rings. The zero-order valence-electron chi connectivity index (χ0n) is 13.2. The average molecular weight is 306 g/mol. The van der Waals surface area contributed by atoms with Crippen LogP contribution >= 0.6 is 11.3 Å². The van der Waals surface area contributed by atoms with Gasteiger partial charge in [0.15, 0.2) is 0 Å². The molecule has 2 heterocycles. The van der Waals surface area contributed by atoms with Gasteiger partial charge in [-0.15, -0.1) is 11.3 Å². The van der Waals surface area contributed by atoms with Crippen molar-refractivity contribution in [2.75, 3.05) is 0 Å². The molecule has 2 aliphatic rings. The van der Waals surface area contributed by atoms with E-state index < -0.39 is 0 Å². The first-order chi connectivity index (χ1) is 10.1. The summed E-state index contributed by atoms with van der Waals surface area (Å²) in [5.41, 5.74) is 0. The zero-order valence-corrected chi connectivity index (χ0v) is 14.0. The van der Waals surface area contributed by atoms with E-state index in [0.717, 1.165) is 25.2 Å². The van der Waals surface area contributed by atoms with E-state index in [1.807, 2.05) is 0 Å². The molecule has 1 saturated carbocycles. The SMILES string of the molecule is CCC1NC(c2cccs2)N(C2CCC(C)C(C)C2)C1=O. The molecular formula is C17H26N2OS. The van der Waals surface area contributed by atoms with E-state index in [1.54, 1.807) is 11.3 Å². The van der Waals surface area contributed by atoms with Crippen LogP contribution in [-0.4, -0.2) is 22.9 Å². The molecule has 1 saturated heterocycles. The van der Waals surface area contributed by atoms with E-state index in [1.165, 1.54) is 11.3 Å². The van der Waals surface area contributed by atoms with Crippen molar-refractivity contribution >= 4 is 17.2 Å². The summed E-state index contributed by atoms with van der Waals surface area (Å²) in [5, 5.41) is 5.65. The normalized spacial score (nSPS) is 37.2. The van der Waals surface area contributed by atoms with Gasteiger partial charge in [-0.3, -0.25) is 10.1 Å². The number of carbonyl (C=O) groups is 1. The predicted octanol–water partition coefficient (Wildman–Crippen LogP) is 3.78. The minimum Gasteiger partial charge on any atom is -0.318 e. The molecule has 0 bridgehead atoms. The highest BCUT2D eigenvalue weighted by Crippen LogP contribution is 2.38. The Morgan fingerprint density at radius 1 is 1.33 bits per heavy atom. The average Bonchev–Trinajstić information content (AvgIpc) is 3.09. The number of thiophene rings is 1. The quantitative estimate of drug-likeness (QED) is 0.921. The zero-order chi connectivity index (χ0) is 15.0. The lowest BCUT2D eigenvalue weighted by molar-refractivity contribution is -0.133. The summed E-state index contributed by atoms with van der Waals surface area (Å²) in [4.78, 5) is 16.2. The molecule has 1 aliphatic carbocycles. The third-order valence-corrected chi connectivity index (χ3v) is 6.30. The molecule has 21 heavy (non-hydrogen) atoms. The number of hydrogen-bond acceptors (Lipinski definition) is 3. The van der Waals surface area contributed by atoms with E-state index in [2.05, 4.69) is 48.5 Å². The molecule has 0 spiro atoms. The molecular weight excluding hydrogens is 280 g/mol. The number of hydrogen-bond donors (Lipinski definition) is 1. The van der Waals surface area contributed by atoms with E-state index >= 15 is 0 Å². The van der Waals surface area contributed by atoms with E-state index in [4.69, 9.17) is 0 Å². The third-order valence-electron chi connectivity index (χ3n) is 5.37. The second-order valence-electron chi connectivity index (χ2n) is 6.71. The highest BCUT2D eigenvalue weighted by Gasteiger charge is 2.44. The maximum atomic E-state index is 12.8. The number of nitrogens with zero attached hydrogens (tertiary/aromatic N) is 1. The summed E-state index contributed by atoms with van der Waals surface area (Å²) < 4.78 is 0. The minimum absolute atomic E-state index is 0.00763. The Kier molecular flexibility index (Phi) is 4.36. The van der Waals surface area contributed by atoms with Crippen LogP contribution in [0, 0.1) is 11.8 Å². The van der Waals surface area contributed by atoms with Crippen molar-refractivity contribution in [3.05, 3.63) is 22.4 Å². The van der Waals surface area contributed by atoms with Gasteiger partial charge in [-0.2, -0.15) is 0 Å². The monoisotopic (exact) mass is 306 g/mol. The molecule has 1 aromatic heterocycles. The van der Waals surface area contributed by atoms with E-state index in [-0.39, 0.29) is 12.2 Å². The summed E-state index contributed by atoms with van der Waals surface area (Å²) in [6.45, 7) is 6.77. The van der Waals surface area contributed by atoms with Crippen LogP contribution in [0.5, 0.6) is 0 Å². The smallest absolute Gasteiger partial charge is 0.241 e. The summed E-state index contributed by atoms with van der Waals surface area (Å²) >= 11 is 1.75. The van der Waals surface area contributed by atoms with Crippen LogP contribution in [0.2, 0.25) is 0 Å². The highest BCUT2D eigenvalue weighted by atomic mass is 32.1. The summed E-state index contributed by atoms with van der Waals surface area (Å²) in [7, 11) is 0. The summed E-state index contributed by atoms with van der Waals surface area (Å²) in [6, 6.07) is 4.62. The lowest BCUT2D eigenvalue weighted by atomic mass is 9.78. The largest absolute Gasteiger partial charge is 0.318 e. The molecule has 116 valence electrons.